The number of aliphatic carboxylic acids is 1. The van der Waals surface area contributed by atoms with Crippen LogP contribution in [0.2, 0.25) is 5.02 Å². The first-order chi connectivity index (χ1) is 19.9. The number of aromatic nitrogens is 2. The molecule has 1 atom stereocenters. The Hall–Kier alpha value is -4.43. The van der Waals surface area contributed by atoms with Gasteiger partial charge in [0.25, 0.3) is 0 Å². The van der Waals surface area contributed by atoms with Crippen LogP contribution in [0.1, 0.15) is 36.8 Å². The average Bonchev–Trinajstić information content (AvgIpc) is 2.94. The van der Waals surface area contributed by atoms with Crippen LogP contribution in [0.5, 0.6) is 0 Å². The number of carbonyl (C=O) groups is 2. The molecule has 1 unspecified atom stereocenters. The highest BCUT2D eigenvalue weighted by Gasteiger charge is 2.39. The van der Waals surface area contributed by atoms with Crippen LogP contribution in [-0.2, 0) is 11.0 Å². The Labute approximate surface area is 242 Å². The number of halogens is 4. The van der Waals surface area contributed by atoms with Crippen molar-refractivity contribution >= 4 is 58.0 Å². The predicted octanol–water partition coefficient (Wildman–Crippen LogP) is 5.28. The molecule has 5 rings (SSSR count). The molecular formula is C27H25ClF3N7O4. The number of carbonyl (C=O) groups excluding carboxylic acids is 1. The number of alkyl halides is 3. The number of nitrogens with one attached hydrogen (secondary N) is 2. The summed E-state index contributed by atoms with van der Waals surface area (Å²) in [5, 5.41) is 25.2. The van der Waals surface area contributed by atoms with E-state index in [0.717, 1.165) is 12.1 Å². The molecular weight excluding hydrogens is 579 g/mol. The largest absolute Gasteiger partial charge is 0.481 e. The number of anilines is 4. The monoisotopic (exact) mass is 603 g/mol. The summed E-state index contributed by atoms with van der Waals surface area (Å²) < 4.78 is 39.4. The summed E-state index contributed by atoms with van der Waals surface area (Å²) in [5.74, 6) is -0.832. The van der Waals surface area contributed by atoms with E-state index in [1.54, 1.807) is 17.0 Å². The topological polar surface area (TPSA) is 166 Å². The lowest BCUT2D eigenvalue weighted by Gasteiger charge is -2.42. The number of hydrogen-bond acceptors (Lipinski definition) is 8. The van der Waals surface area contributed by atoms with E-state index in [4.69, 9.17) is 17.3 Å². The third kappa shape index (κ3) is 5.94. The molecule has 11 nitrogen and oxygen atoms in total. The van der Waals surface area contributed by atoms with Gasteiger partial charge in [0.05, 0.1) is 22.2 Å². The Morgan fingerprint density at radius 2 is 1.64 bits per heavy atom. The Kier molecular flexibility index (Phi) is 7.93. The molecule has 1 aliphatic heterocycles. The number of aliphatic imine (C=N–C) groups is 1. The zero-order valence-electron chi connectivity index (χ0n) is 21.8. The minimum absolute atomic E-state index is 0.100. The van der Waals surface area contributed by atoms with Crippen molar-refractivity contribution in [3.05, 3.63) is 64.9 Å². The first-order valence-corrected chi connectivity index (χ1v) is 13.2. The Balaban J connectivity index is 1.34. The number of carboxylic acids is 1. The molecule has 1 fully saturated rings. The average molecular weight is 604 g/mol. The van der Waals surface area contributed by atoms with E-state index in [0.29, 0.717) is 42.8 Å². The Bertz CT molecular complexity index is 1540. The standard InChI is InChI=1S/C27H25ClF3N7O4/c28-19-10-7-16(11-18(19)27(29,30)31)36-26(42)35-15-5-1-13(2-6-15)20-24(39)38(17-8-3-14(4-9-17)25(40)41)23-21(37-20)22(32)33-12-34-23/h1-2,5-7,10-12,14,17,24,39H,3-4,8-9H2,(H,40,41)(H2,32,33,34)(H2,35,36,42). The van der Waals surface area contributed by atoms with Gasteiger partial charge >= 0.3 is 18.2 Å². The van der Waals surface area contributed by atoms with Crippen molar-refractivity contribution in [3.8, 4) is 0 Å². The van der Waals surface area contributed by atoms with Crippen LogP contribution in [-0.4, -0.2) is 50.2 Å². The summed E-state index contributed by atoms with van der Waals surface area (Å²) in [6.45, 7) is 0. The number of carboxylic acid groups (broad SMARTS) is 1. The van der Waals surface area contributed by atoms with Crippen molar-refractivity contribution in [2.75, 3.05) is 21.3 Å². The van der Waals surface area contributed by atoms with Gasteiger partial charge in [-0.25, -0.2) is 19.8 Å². The Morgan fingerprint density at radius 3 is 2.29 bits per heavy atom. The van der Waals surface area contributed by atoms with Crippen LogP contribution in [0.3, 0.4) is 0 Å². The number of urea groups is 1. The van der Waals surface area contributed by atoms with E-state index in [-0.39, 0.29) is 28.9 Å². The maximum atomic E-state index is 13.1. The van der Waals surface area contributed by atoms with Gasteiger partial charge in [-0.15, -0.1) is 0 Å². The summed E-state index contributed by atoms with van der Waals surface area (Å²) in [5.41, 5.74) is 6.27. The molecule has 1 saturated carbocycles. The highest BCUT2D eigenvalue weighted by atomic mass is 35.5. The van der Waals surface area contributed by atoms with E-state index in [1.165, 1.54) is 24.5 Å². The van der Waals surface area contributed by atoms with Gasteiger partial charge in [0, 0.05) is 23.0 Å². The molecule has 3 aromatic rings. The highest BCUT2D eigenvalue weighted by Crippen LogP contribution is 2.41. The van der Waals surface area contributed by atoms with Gasteiger partial charge in [-0.2, -0.15) is 13.2 Å². The molecule has 1 aliphatic carbocycles. The van der Waals surface area contributed by atoms with Crippen molar-refractivity contribution in [2.45, 2.75) is 44.1 Å². The zero-order chi connectivity index (χ0) is 30.2. The lowest BCUT2D eigenvalue weighted by atomic mass is 9.84. The molecule has 1 aromatic heterocycles. The minimum Gasteiger partial charge on any atom is -0.481 e. The summed E-state index contributed by atoms with van der Waals surface area (Å²) in [4.78, 5) is 38.4. The van der Waals surface area contributed by atoms with Crippen LogP contribution in [0.25, 0.3) is 0 Å². The molecule has 0 spiro atoms. The van der Waals surface area contributed by atoms with Crippen molar-refractivity contribution in [3.63, 3.8) is 0 Å². The fourth-order valence-corrected chi connectivity index (χ4v) is 5.35. The van der Waals surface area contributed by atoms with Gasteiger partial charge in [-0.1, -0.05) is 23.7 Å². The van der Waals surface area contributed by atoms with Crippen LogP contribution >= 0.6 is 11.6 Å². The molecule has 2 heterocycles. The van der Waals surface area contributed by atoms with E-state index in [1.807, 2.05) is 0 Å². The lowest BCUT2D eigenvalue weighted by Crippen LogP contribution is -2.51. The van der Waals surface area contributed by atoms with Crippen molar-refractivity contribution in [1.82, 2.24) is 9.97 Å². The van der Waals surface area contributed by atoms with E-state index < -0.39 is 40.9 Å². The smallest absolute Gasteiger partial charge is 0.417 e. The third-order valence-electron chi connectivity index (χ3n) is 7.22. The number of benzene rings is 2. The van der Waals surface area contributed by atoms with Crippen LogP contribution < -0.4 is 21.3 Å². The van der Waals surface area contributed by atoms with Crippen LogP contribution in [0.15, 0.2) is 53.8 Å². The predicted molar refractivity (Wildman–Crippen MR) is 150 cm³/mol. The van der Waals surface area contributed by atoms with Gasteiger partial charge in [0.1, 0.15) is 12.0 Å². The van der Waals surface area contributed by atoms with Gasteiger partial charge in [-0.3, -0.25) is 4.79 Å². The number of amides is 2. The molecule has 0 saturated heterocycles. The van der Waals surface area contributed by atoms with Gasteiger partial charge in [0.2, 0.25) is 0 Å². The summed E-state index contributed by atoms with van der Waals surface area (Å²) >= 11 is 5.63. The van der Waals surface area contributed by atoms with Crippen molar-refractivity contribution in [2.24, 2.45) is 10.9 Å². The molecule has 0 bridgehead atoms. The fourth-order valence-electron chi connectivity index (χ4n) is 5.13. The normalized spacial score (nSPS) is 20.4. The summed E-state index contributed by atoms with van der Waals surface area (Å²) in [7, 11) is 0. The van der Waals surface area contributed by atoms with Gasteiger partial charge < -0.3 is 31.5 Å². The quantitative estimate of drug-likeness (QED) is 0.263. The number of nitrogens with zero attached hydrogens (tertiary/aromatic N) is 4. The second-order valence-electron chi connectivity index (χ2n) is 9.90. The number of aliphatic hydroxyl groups excluding tert-OH is 1. The molecule has 2 aromatic carbocycles. The second-order valence-corrected chi connectivity index (χ2v) is 10.3. The Morgan fingerprint density at radius 1 is 1.00 bits per heavy atom. The minimum atomic E-state index is -4.68. The first-order valence-electron chi connectivity index (χ1n) is 12.9. The number of hydrogen-bond donors (Lipinski definition) is 5. The highest BCUT2D eigenvalue weighted by molar-refractivity contribution is 6.31. The maximum Gasteiger partial charge on any atom is 0.417 e. The van der Waals surface area contributed by atoms with E-state index >= 15 is 0 Å². The number of rotatable bonds is 5. The maximum absolute atomic E-state index is 13.1. The number of nitrogens with two attached hydrogens (primary N) is 1. The summed E-state index contributed by atoms with van der Waals surface area (Å²) in [6, 6.07) is 8.31. The molecule has 15 heteroatoms. The molecule has 6 N–H and O–H groups in total. The third-order valence-corrected chi connectivity index (χ3v) is 7.55. The first kappa shape index (κ1) is 29.1. The summed E-state index contributed by atoms with van der Waals surface area (Å²) in [6.07, 6.45) is -2.72. The van der Waals surface area contributed by atoms with Crippen molar-refractivity contribution in [1.29, 1.82) is 0 Å². The van der Waals surface area contributed by atoms with Gasteiger partial charge in [-0.05, 0) is 56.0 Å². The van der Waals surface area contributed by atoms with Crippen molar-refractivity contribution < 1.29 is 33.0 Å². The number of nitrogen functional groups attached to an aromatic ring is 1. The fraction of sp³-hybridized carbons (Fsp3) is 0.296. The molecule has 2 aliphatic rings. The zero-order valence-corrected chi connectivity index (χ0v) is 22.5. The number of fused-ring (bicyclic) bond motifs is 1. The van der Waals surface area contributed by atoms with Crippen LogP contribution in [0, 0.1) is 5.92 Å². The molecule has 2 amide bonds. The molecule has 42 heavy (non-hydrogen) atoms. The lowest BCUT2D eigenvalue weighted by molar-refractivity contribution is -0.143. The second kappa shape index (κ2) is 11.4. The van der Waals surface area contributed by atoms with Gasteiger partial charge in [0.15, 0.2) is 17.9 Å². The SMILES string of the molecule is Nc1ncnc2c1N=C(c1ccc(NC(=O)Nc3ccc(Cl)c(C(F)(F)F)c3)cc1)C(O)N2C1CCC(C(=O)O)CC1. The van der Waals surface area contributed by atoms with E-state index in [2.05, 4.69) is 25.6 Å². The van der Waals surface area contributed by atoms with E-state index in [9.17, 15) is 33.0 Å². The molecule has 220 valence electrons. The van der Waals surface area contributed by atoms with Crippen LogP contribution in [0.4, 0.5) is 46.7 Å². The molecule has 0 radical (unpaired) electrons. The number of aliphatic hydroxyl groups is 1.